The first-order valence-corrected chi connectivity index (χ1v) is 27.1. The SMILES string of the molecule is CC#CC(C)(C)c1cc(OCCCCCCCCCC)c(C#Cc2cc(C=O)c(C#CC(C)(C)C)cc2C(=O)OCCOCCOCCO)cc1OCCCCCCCCCC.COCCOCCOCCO. The Bertz CT molecular complexity index is 1960. The Morgan fingerprint density at radius 3 is 1.51 bits per heavy atom. The van der Waals surface area contributed by atoms with Crippen LogP contribution in [0.3, 0.4) is 0 Å². The van der Waals surface area contributed by atoms with Crippen LogP contribution in [0.1, 0.15) is 201 Å². The molecule has 2 N–H and O–H groups in total. The van der Waals surface area contributed by atoms with E-state index in [0.717, 1.165) is 37.5 Å². The largest absolute Gasteiger partial charge is 0.493 e. The van der Waals surface area contributed by atoms with E-state index in [1.807, 2.05) is 39.8 Å². The van der Waals surface area contributed by atoms with Gasteiger partial charge in [0.1, 0.15) is 18.1 Å². The Kier molecular flexibility index (Phi) is 39.1. The van der Waals surface area contributed by atoms with E-state index in [4.69, 9.17) is 48.1 Å². The summed E-state index contributed by atoms with van der Waals surface area (Å²) < 4.78 is 44.3. The van der Waals surface area contributed by atoms with Crippen LogP contribution < -0.4 is 9.47 Å². The highest BCUT2D eigenvalue weighted by atomic mass is 16.6. The number of carbonyl (C=O) groups is 2. The highest BCUT2D eigenvalue weighted by molar-refractivity contribution is 5.95. The molecule has 0 radical (unpaired) electrons. The zero-order valence-corrected chi connectivity index (χ0v) is 46.6. The molecule has 73 heavy (non-hydrogen) atoms. The minimum absolute atomic E-state index is 0.00167. The normalized spacial score (nSPS) is 11.0. The summed E-state index contributed by atoms with van der Waals surface area (Å²) >= 11 is 0. The van der Waals surface area contributed by atoms with Gasteiger partial charge in [-0.3, -0.25) is 4.79 Å². The van der Waals surface area contributed by atoms with Crippen molar-refractivity contribution in [3.8, 4) is 47.0 Å². The predicted octanol–water partition coefficient (Wildman–Crippen LogP) is 11.5. The molecule has 0 bridgehead atoms. The molecule has 0 heterocycles. The fourth-order valence-electron chi connectivity index (χ4n) is 7.27. The molecular formula is C61H94O12. The Morgan fingerprint density at radius 2 is 1.01 bits per heavy atom. The van der Waals surface area contributed by atoms with Gasteiger partial charge in [0.05, 0.1) is 102 Å². The lowest BCUT2D eigenvalue weighted by Crippen LogP contribution is -2.17. The first-order chi connectivity index (χ1) is 35.3. The van der Waals surface area contributed by atoms with Crippen molar-refractivity contribution in [1.29, 1.82) is 0 Å². The standard InChI is InChI=1S/C54H78O8.C7H16O4/c1-9-12-14-16-18-20-22-24-32-60-50-42-49(54(7,8)29-11-3)51(61-33-25-23-21-19-17-15-13-10-2)41-46(50)27-26-45-39-47(43-56)44(28-30-53(4,5)6)40-48(45)52(57)62-38-37-59-36-35-58-34-31-55;1-9-4-5-11-7-6-10-3-2-8/h39-43,55H,9-10,12-25,31-38H2,1-8H3;8H,2-7H2,1H3. The predicted molar refractivity (Wildman–Crippen MR) is 293 cm³/mol. The second-order valence-corrected chi connectivity index (χ2v) is 19.4. The number of hydrogen-bond donors (Lipinski definition) is 2. The Labute approximate surface area is 441 Å². The third-order valence-electron chi connectivity index (χ3n) is 11.3. The summed E-state index contributed by atoms with van der Waals surface area (Å²) in [5.74, 6) is 20.0. The van der Waals surface area contributed by atoms with Crippen LogP contribution in [-0.4, -0.2) is 122 Å². The molecule has 0 aliphatic rings. The number of ether oxygens (including phenoxy) is 8. The van der Waals surface area contributed by atoms with E-state index in [1.165, 1.54) is 77.0 Å². The van der Waals surface area contributed by atoms with Crippen molar-refractivity contribution in [3.63, 3.8) is 0 Å². The number of hydrogen-bond acceptors (Lipinski definition) is 12. The summed E-state index contributed by atoms with van der Waals surface area (Å²) in [5, 5.41) is 17.2. The van der Waals surface area contributed by atoms with E-state index in [1.54, 1.807) is 19.2 Å². The van der Waals surface area contributed by atoms with E-state index in [2.05, 4.69) is 63.2 Å². The second kappa shape index (κ2) is 42.9. The fraction of sp³-hybridized carbons (Fsp3) is 0.672. The molecule has 12 heteroatoms. The van der Waals surface area contributed by atoms with Crippen molar-refractivity contribution in [2.24, 2.45) is 5.41 Å². The first-order valence-electron chi connectivity index (χ1n) is 27.1. The minimum Gasteiger partial charge on any atom is -0.493 e. The van der Waals surface area contributed by atoms with E-state index < -0.39 is 11.4 Å². The van der Waals surface area contributed by atoms with E-state index in [9.17, 15) is 9.59 Å². The molecule has 0 saturated heterocycles. The molecule has 0 fully saturated rings. The molecule has 410 valence electrons. The summed E-state index contributed by atoms with van der Waals surface area (Å²) in [6, 6.07) is 7.16. The third-order valence-corrected chi connectivity index (χ3v) is 11.3. The van der Waals surface area contributed by atoms with Crippen LogP contribution in [0.4, 0.5) is 0 Å². The quantitative estimate of drug-likeness (QED) is 0.0284. The van der Waals surface area contributed by atoms with E-state index in [-0.39, 0.29) is 44.0 Å². The van der Waals surface area contributed by atoms with Crippen molar-refractivity contribution in [2.45, 2.75) is 164 Å². The third kappa shape index (κ3) is 32.5. The summed E-state index contributed by atoms with van der Waals surface area (Å²) in [6.45, 7) is 21.2. The average Bonchev–Trinajstić information content (AvgIpc) is 3.36. The molecule has 2 aromatic carbocycles. The lowest BCUT2D eigenvalue weighted by atomic mass is 9.83. The summed E-state index contributed by atoms with van der Waals surface area (Å²) in [5.41, 5.74) is 1.94. The number of aldehydes is 1. The zero-order valence-electron chi connectivity index (χ0n) is 46.6. The number of benzene rings is 2. The Hall–Kier alpha value is -4.42. The number of rotatable bonds is 39. The van der Waals surface area contributed by atoms with Crippen molar-refractivity contribution in [2.75, 3.05) is 99.6 Å². The molecule has 0 unspecified atom stereocenters. The van der Waals surface area contributed by atoms with Gasteiger partial charge in [-0.1, -0.05) is 133 Å². The lowest BCUT2D eigenvalue weighted by molar-refractivity contribution is 0.00918. The van der Waals surface area contributed by atoms with Crippen LogP contribution in [0.15, 0.2) is 24.3 Å². The van der Waals surface area contributed by atoms with Gasteiger partial charge in [0.15, 0.2) is 6.29 Å². The van der Waals surface area contributed by atoms with Crippen molar-refractivity contribution < 1.29 is 57.7 Å². The first kappa shape index (κ1) is 66.6. The summed E-state index contributed by atoms with van der Waals surface area (Å²) in [6.07, 6.45) is 19.8. The lowest BCUT2D eigenvalue weighted by Gasteiger charge is -2.24. The van der Waals surface area contributed by atoms with Crippen molar-refractivity contribution in [1.82, 2.24) is 0 Å². The topological polar surface area (TPSA) is 148 Å². The molecule has 2 rings (SSSR count). The van der Waals surface area contributed by atoms with Gasteiger partial charge in [0.25, 0.3) is 0 Å². The fourth-order valence-corrected chi connectivity index (χ4v) is 7.27. The zero-order chi connectivity index (χ0) is 53.8. The van der Waals surface area contributed by atoms with Crippen LogP contribution in [0, 0.1) is 40.9 Å². The molecular weight excluding hydrogens is 925 g/mol. The van der Waals surface area contributed by atoms with Gasteiger partial charge < -0.3 is 48.1 Å². The van der Waals surface area contributed by atoms with Crippen LogP contribution in [-0.2, 0) is 33.8 Å². The number of aliphatic hydroxyl groups excluding tert-OH is 2. The van der Waals surface area contributed by atoms with Gasteiger partial charge in [0, 0.05) is 34.8 Å². The molecule has 0 aliphatic heterocycles. The number of unbranched alkanes of at least 4 members (excludes halogenated alkanes) is 14. The van der Waals surface area contributed by atoms with Crippen molar-refractivity contribution in [3.05, 3.63) is 57.6 Å². The molecule has 0 saturated carbocycles. The molecule has 0 amide bonds. The van der Waals surface area contributed by atoms with E-state index in [0.29, 0.717) is 93.2 Å². The van der Waals surface area contributed by atoms with Crippen LogP contribution in [0.25, 0.3) is 0 Å². The van der Waals surface area contributed by atoms with E-state index >= 15 is 0 Å². The van der Waals surface area contributed by atoms with Gasteiger partial charge in [-0.05, 0) is 78.6 Å². The molecule has 0 spiro atoms. The number of esters is 1. The summed E-state index contributed by atoms with van der Waals surface area (Å²) in [4.78, 5) is 26.2. The second-order valence-electron chi connectivity index (χ2n) is 19.4. The van der Waals surface area contributed by atoms with Crippen LogP contribution in [0.2, 0.25) is 0 Å². The minimum atomic E-state index is -0.610. The smallest absolute Gasteiger partial charge is 0.339 e. The van der Waals surface area contributed by atoms with Gasteiger partial charge in [-0.25, -0.2) is 4.79 Å². The Balaban J connectivity index is 0.00000215. The molecule has 0 aliphatic carbocycles. The van der Waals surface area contributed by atoms with Gasteiger partial charge in [0.2, 0.25) is 0 Å². The number of methoxy groups -OCH3 is 1. The average molecular weight is 1020 g/mol. The molecule has 0 aromatic heterocycles. The number of aliphatic hydroxyl groups is 2. The number of carbonyl (C=O) groups excluding carboxylic acids is 2. The van der Waals surface area contributed by atoms with Gasteiger partial charge >= 0.3 is 5.97 Å². The van der Waals surface area contributed by atoms with Crippen LogP contribution in [0.5, 0.6) is 11.5 Å². The molecule has 12 nitrogen and oxygen atoms in total. The van der Waals surface area contributed by atoms with Crippen molar-refractivity contribution >= 4 is 12.3 Å². The molecule has 2 aromatic rings. The maximum atomic E-state index is 13.7. The highest BCUT2D eigenvalue weighted by Crippen LogP contribution is 2.37. The summed E-state index contributed by atoms with van der Waals surface area (Å²) in [7, 11) is 1.63. The maximum absolute atomic E-state index is 13.7. The van der Waals surface area contributed by atoms with Gasteiger partial charge in [-0.2, -0.15) is 0 Å². The Morgan fingerprint density at radius 1 is 0.534 bits per heavy atom. The maximum Gasteiger partial charge on any atom is 0.339 e. The monoisotopic (exact) mass is 1020 g/mol. The van der Waals surface area contributed by atoms with Crippen LogP contribution >= 0.6 is 0 Å². The van der Waals surface area contributed by atoms with Gasteiger partial charge in [-0.15, -0.1) is 5.92 Å². The highest BCUT2D eigenvalue weighted by Gasteiger charge is 2.25. The molecule has 0 atom stereocenters.